The van der Waals surface area contributed by atoms with Crippen LogP contribution in [0.1, 0.15) is 35.8 Å². The van der Waals surface area contributed by atoms with Gasteiger partial charge in [-0.1, -0.05) is 33.3 Å². The van der Waals surface area contributed by atoms with Crippen LogP contribution >= 0.6 is 15.9 Å². The molecule has 10 nitrogen and oxygen atoms in total. The molecular weight excluding hydrogens is 639 g/mol. The summed E-state index contributed by atoms with van der Waals surface area (Å²) in [5, 5.41) is 16.9. The van der Waals surface area contributed by atoms with E-state index in [9.17, 15) is 14.0 Å². The van der Waals surface area contributed by atoms with Crippen LogP contribution in [0.3, 0.4) is 0 Å². The molecule has 3 aromatic carbocycles. The molecule has 0 spiro atoms. The molecule has 0 bridgehead atoms. The Hall–Kier alpha value is -4.97. The van der Waals surface area contributed by atoms with Gasteiger partial charge in [0.25, 0.3) is 5.91 Å². The summed E-state index contributed by atoms with van der Waals surface area (Å²) in [4.78, 5) is 32.7. The lowest BCUT2D eigenvalue weighted by atomic mass is 10.1. The van der Waals surface area contributed by atoms with Crippen molar-refractivity contribution in [1.29, 1.82) is 0 Å². The van der Waals surface area contributed by atoms with Crippen molar-refractivity contribution in [1.82, 2.24) is 29.6 Å². The van der Waals surface area contributed by atoms with Crippen LogP contribution in [0.2, 0.25) is 0 Å². The Morgan fingerprint density at radius 1 is 1.09 bits per heavy atom. The summed E-state index contributed by atoms with van der Waals surface area (Å²) in [6.07, 6.45) is 2.80. The standard InChI is InChI=1S/C33H28BrFN8O2/c1-19-24(20(2)43-32(36-19)25-5-3-4-6-28(25)39-43)12-14-31(44)37-22-9-13-27(35)26(17-22)29-18-42(40-38-29)30-15-16-41(33(30)45)23-10-7-21(34)8-11-23/h3-11,13,17-18,30H,12,14-16H2,1-2H3,(H,37,44). The number of halogens is 2. The van der Waals surface area contributed by atoms with Gasteiger partial charge in [-0.2, -0.15) is 5.10 Å². The number of fused-ring (bicyclic) bond motifs is 3. The maximum absolute atomic E-state index is 15.0. The van der Waals surface area contributed by atoms with Crippen LogP contribution in [0, 0.1) is 19.7 Å². The molecule has 1 unspecified atom stereocenters. The highest BCUT2D eigenvalue weighted by molar-refractivity contribution is 9.10. The number of carbonyl (C=O) groups excluding carboxylic acids is 2. The zero-order chi connectivity index (χ0) is 31.2. The Morgan fingerprint density at radius 2 is 1.89 bits per heavy atom. The van der Waals surface area contributed by atoms with Gasteiger partial charge in [0, 0.05) is 51.2 Å². The second kappa shape index (κ2) is 11.5. The third kappa shape index (κ3) is 5.35. The summed E-state index contributed by atoms with van der Waals surface area (Å²) in [7, 11) is 0. The Kier molecular flexibility index (Phi) is 7.36. The molecule has 0 radical (unpaired) electrons. The first-order valence-corrected chi connectivity index (χ1v) is 15.4. The van der Waals surface area contributed by atoms with Crippen molar-refractivity contribution in [2.75, 3.05) is 16.8 Å². The third-order valence-electron chi connectivity index (χ3n) is 8.29. The zero-order valence-corrected chi connectivity index (χ0v) is 26.1. The fourth-order valence-electron chi connectivity index (χ4n) is 5.94. The summed E-state index contributed by atoms with van der Waals surface area (Å²) in [6.45, 7) is 4.47. The molecule has 1 fully saturated rings. The topological polar surface area (TPSA) is 110 Å². The van der Waals surface area contributed by atoms with E-state index in [-0.39, 0.29) is 29.5 Å². The molecule has 3 aromatic heterocycles. The maximum atomic E-state index is 15.0. The van der Waals surface area contributed by atoms with Gasteiger partial charge in [0.1, 0.15) is 17.6 Å². The van der Waals surface area contributed by atoms with Crippen molar-refractivity contribution >= 4 is 55.7 Å². The first-order valence-electron chi connectivity index (χ1n) is 14.6. The highest BCUT2D eigenvalue weighted by Gasteiger charge is 2.35. The number of hydrogen-bond donors (Lipinski definition) is 1. The number of nitrogens with zero attached hydrogens (tertiary/aromatic N) is 7. The van der Waals surface area contributed by atoms with Crippen LogP contribution < -0.4 is 10.2 Å². The molecule has 45 heavy (non-hydrogen) atoms. The first kappa shape index (κ1) is 28.8. The summed E-state index contributed by atoms with van der Waals surface area (Å²) in [5.41, 5.74) is 6.11. The third-order valence-corrected chi connectivity index (χ3v) is 8.82. The summed E-state index contributed by atoms with van der Waals surface area (Å²) in [6, 6.07) is 19.2. The van der Waals surface area contributed by atoms with Gasteiger partial charge in [-0.05, 0) is 86.8 Å². The minimum Gasteiger partial charge on any atom is -0.326 e. The minimum absolute atomic E-state index is 0.101. The van der Waals surface area contributed by atoms with E-state index < -0.39 is 11.9 Å². The maximum Gasteiger partial charge on any atom is 0.251 e. The molecule has 1 atom stereocenters. The Morgan fingerprint density at radius 3 is 2.71 bits per heavy atom. The Bertz CT molecular complexity index is 2110. The van der Waals surface area contributed by atoms with Crippen molar-refractivity contribution in [3.05, 3.63) is 100 Å². The highest BCUT2D eigenvalue weighted by Crippen LogP contribution is 2.31. The van der Waals surface area contributed by atoms with Crippen LogP contribution in [0.25, 0.3) is 27.8 Å². The molecule has 4 heterocycles. The van der Waals surface area contributed by atoms with Gasteiger partial charge in [0.2, 0.25) is 5.91 Å². The van der Waals surface area contributed by atoms with Crippen LogP contribution in [0.4, 0.5) is 15.8 Å². The van der Waals surface area contributed by atoms with Crippen molar-refractivity contribution in [3.63, 3.8) is 0 Å². The van der Waals surface area contributed by atoms with E-state index in [4.69, 9.17) is 10.1 Å². The average Bonchev–Trinajstić information content (AvgIpc) is 3.76. The van der Waals surface area contributed by atoms with E-state index in [0.29, 0.717) is 25.1 Å². The van der Waals surface area contributed by atoms with Crippen molar-refractivity contribution in [2.24, 2.45) is 0 Å². The lowest BCUT2D eigenvalue weighted by Crippen LogP contribution is -2.28. The van der Waals surface area contributed by atoms with Gasteiger partial charge < -0.3 is 10.2 Å². The highest BCUT2D eigenvalue weighted by atomic mass is 79.9. The van der Waals surface area contributed by atoms with Crippen LogP contribution in [-0.4, -0.2) is 48.0 Å². The number of amides is 2. The minimum atomic E-state index is -0.540. The van der Waals surface area contributed by atoms with Crippen molar-refractivity contribution < 1.29 is 14.0 Å². The number of benzene rings is 3. The second-order valence-corrected chi connectivity index (χ2v) is 12.0. The summed E-state index contributed by atoms with van der Waals surface area (Å²) >= 11 is 3.42. The molecule has 2 amide bonds. The average molecular weight is 668 g/mol. The number of carbonyl (C=O) groups is 2. The van der Waals surface area contributed by atoms with Crippen LogP contribution in [0.5, 0.6) is 0 Å². The van der Waals surface area contributed by atoms with E-state index in [0.717, 1.165) is 43.7 Å². The molecule has 6 aromatic rings. The SMILES string of the molecule is Cc1nc2c3ccccc3nn2c(C)c1CCC(=O)Nc1ccc(F)c(-c2cn(C3CCN(c4ccc(Br)cc4)C3=O)nn2)c1. The first-order chi connectivity index (χ1) is 21.8. The van der Waals surface area contributed by atoms with Gasteiger partial charge in [-0.25, -0.2) is 18.6 Å². The quantitative estimate of drug-likeness (QED) is 0.217. The van der Waals surface area contributed by atoms with Crippen LogP contribution in [0.15, 0.2) is 77.4 Å². The Balaban J connectivity index is 1.04. The number of aryl methyl sites for hydroxylation is 2. The fraction of sp³-hybridized carbons (Fsp3) is 0.212. The molecule has 1 aliphatic heterocycles. The second-order valence-electron chi connectivity index (χ2n) is 11.1. The molecular formula is C33H28BrFN8O2. The van der Waals surface area contributed by atoms with E-state index in [1.807, 2.05) is 66.9 Å². The van der Waals surface area contributed by atoms with Crippen molar-refractivity contribution in [3.8, 4) is 11.3 Å². The number of hydrogen-bond acceptors (Lipinski definition) is 6. The number of anilines is 2. The largest absolute Gasteiger partial charge is 0.326 e. The number of rotatable bonds is 7. The predicted octanol–water partition coefficient (Wildman–Crippen LogP) is 6.21. The molecule has 0 saturated carbocycles. The number of nitrogens with one attached hydrogen (secondary N) is 1. The fourth-order valence-corrected chi connectivity index (χ4v) is 6.20. The van der Waals surface area contributed by atoms with Gasteiger partial charge in [-0.15, -0.1) is 5.10 Å². The predicted molar refractivity (Wildman–Crippen MR) is 172 cm³/mol. The monoisotopic (exact) mass is 666 g/mol. The van der Waals surface area contributed by atoms with E-state index in [1.54, 1.807) is 11.1 Å². The van der Waals surface area contributed by atoms with Gasteiger partial charge in [-0.3, -0.25) is 9.59 Å². The number of aromatic nitrogens is 6. The molecule has 1 saturated heterocycles. The lowest BCUT2D eigenvalue weighted by Gasteiger charge is -2.16. The molecule has 0 aliphatic carbocycles. The lowest BCUT2D eigenvalue weighted by molar-refractivity contribution is -0.120. The van der Waals surface area contributed by atoms with Gasteiger partial charge in [0.15, 0.2) is 5.65 Å². The molecule has 12 heteroatoms. The zero-order valence-electron chi connectivity index (χ0n) is 24.5. The normalized spacial score (nSPS) is 15.0. The van der Waals surface area contributed by atoms with Crippen LogP contribution in [-0.2, 0) is 16.0 Å². The van der Waals surface area contributed by atoms with E-state index >= 15 is 0 Å². The Labute approximate surface area is 266 Å². The summed E-state index contributed by atoms with van der Waals surface area (Å²) in [5.74, 6) is -0.826. The summed E-state index contributed by atoms with van der Waals surface area (Å²) < 4.78 is 19.2. The molecule has 7 rings (SSSR count). The van der Waals surface area contributed by atoms with E-state index in [2.05, 4.69) is 31.6 Å². The molecule has 1 aliphatic rings. The van der Waals surface area contributed by atoms with Gasteiger partial charge >= 0.3 is 0 Å². The molecule has 1 N–H and O–H groups in total. The smallest absolute Gasteiger partial charge is 0.251 e. The molecule has 226 valence electrons. The van der Waals surface area contributed by atoms with Crippen molar-refractivity contribution in [2.45, 2.75) is 39.2 Å². The van der Waals surface area contributed by atoms with E-state index in [1.165, 1.54) is 22.9 Å². The van der Waals surface area contributed by atoms with Gasteiger partial charge in [0.05, 0.1) is 11.7 Å².